The molecule has 1 saturated heterocycles. The SMILES string of the molecule is O=C(Nc1ccc(NCCCc2ccccc2)nn1)C1CCOCC1. The van der Waals surface area contributed by atoms with Gasteiger partial charge in [-0.15, -0.1) is 10.2 Å². The second-order valence-electron chi connectivity index (χ2n) is 6.20. The first-order chi connectivity index (χ1) is 12.3. The highest BCUT2D eigenvalue weighted by Gasteiger charge is 2.21. The second kappa shape index (κ2) is 9.13. The molecule has 0 unspecified atom stereocenters. The molecule has 1 aliphatic rings. The summed E-state index contributed by atoms with van der Waals surface area (Å²) in [6.45, 7) is 2.13. The van der Waals surface area contributed by atoms with Crippen molar-refractivity contribution in [3.8, 4) is 0 Å². The number of ether oxygens (including phenoxy) is 1. The van der Waals surface area contributed by atoms with Gasteiger partial charge in [-0.1, -0.05) is 30.3 Å². The minimum atomic E-state index is 0.00108. The highest BCUT2D eigenvalue weighted by atomic mass is 16.5. The van der Waals surface area contributed by atoms with Crippen LogP contribution < -0.4 is 10.6 Å². The van der Waals surface area contributed by atoms with Gasteiger partial charge >= 0.3 is 0 Å². The summed E-state index contributed by atoms with van der Waals surface area (Å²) in [7, 11) is 0. The molecular formula is C19H24N4O2. The van der Waals surface area contributed by atoms with Gasteiger partial charge in [0.1, 0.15) is 5.82 Å². The minimum absolute atomic E-state index is 0.00108. The molecule has 1 aliphatic heterocycles. The van der Waals surface area contributed by atoms with Crippen LogP contribution in [0.3, 0.4) is 0 Å². The molecule has 0 radical (unpaired) electrons. The summed E-state index contributed by atoms with van der Waals surface area (Å²) in [6, 6.07) is 14.0. The number of nitrogens with one attached hydrogen (secondary N) is 2. The van der Waals surface area contributed by atoms with E-state index in [9.17, 15) is 4.79 Å². The third-order valence-electron chi connectivity index (χ3n) is 4.30. The predicted octanol–water partition coefficient (Wildman–Crippen LogP) is 2.89. The van der Waals surface area contributed by atoms with Crippen LogP contribution in [-0.2, 0) is 16.0 Å². The fraction of sp³-hybridized carbons (Fsp3) is 0.421. The maximum Gasteiger partial charge on any atom is 0.228 e. The van der Waals surface area contributed by atoms with E-state index in [-0.39, 0.29) is 11.8 Å². The third-order valence-corrected chi connectivity index (χ3v) is 4.30. The van der Waals surface area contributed by atoms with Crippen LogP contribution in [0.5, 0.6) is 0 Å². The number of rotatable bonds is 7. The van der Waals surface area contributed by atoms with Crippen LogP contribution >= 0.6 is 0 Å². The number of aryl methyl sites for hydroxylation is 1. The summed E-state index contributed by atoms with van der Waals surface area (Å²) in [4.78, 5) is 12.1. The largest absolute Gasteiger partial charge is 0.381 e. The molecule has 1 aromatic heterocycles. The van der Waals surface area contributed by atoms with Crippen LogP contribution in [0.15, 0.2) is 42.5 Å². The van der Waals surface area contributed by atoms with Gasteiger partial charge in [0.05, 0.1) is 0 Å². The van der Waals surface area contributed by atoms with E-state index in [1.165, 1.54) is 5.56 Å². The molecule has 2 N–H and O–H groups in total. The average Bonchev–Trinajstić information content (AvgIpc) is 2.68. The number of hydrogen-bond donors (Lipinski definition) is 2. The Kier molecular flexibility index (Phi) is 6.34. The maximum absolute atomic E-state index is 12.1. The van der Waals surface area contributed by atoms with Crippen LogP contribution in [0.2, 0.25) is 0 Å². The van der Waals surface area contributed by atoms with E-state index in [4.69, 9.17) is 4.74 Å². The molecule has 0 saturated carbocycles. The van der Waals surface area contributed by atoms with Gasteiger partial charge in [0.15, 0.2) is 5.82 Å². The molecule has 0 bridgehead atoms. The molecule has 1 amide bonds. The summed E-state index contributed by atoms with van der Waals surface area (Å²) in [5, 5.41) is 14.3. The number of anilines is 2. The third kappa shape index (κ3) is 5.53. The first-order valence-corrected chi connectivity index (χ1v) is 8.81. The standard InChI is InChI=1S/C19H24N4O2/c24-19(16-10-13-25-14-11-16)21-18-9-8-17(22-23-18)20-12-4-7-15-5-2-1-3-6-15/h1-3,5-6,8-9,16H,4,7,10-14H2,(H,20,22)(H,21,23,24). The molecule has 6 nitrogen and oxygen atoms in total. The lowest BCUT2D eigenvalue weighted by Crippen LogP contribution is -2.28. The normalized spacial score (nSPS) is 14.9. The van der Waals surface area contributed by atoms with E-state index in [2.05, 4.69) is 45.1 Å². The van der Waals surface area contributed by atoms with E-state index >= 15 is 0 Å². The maximum atomic E-state index is 12.1. The average molecular weight is 340 g/mol. The highest BCUT2D eigenvalue weighted by molar-refractivity contribution is 5.91. The monoisotopic (exact) mass is 340 g/mol. The number of aromatic nitrogens is 2. The molecule has 0 aliphatic carbocycles. The smallest absolute Gasteiger partial charge is 0.228 e. The second-order valence-corrected chi connectivity index (χ2v) is 6.20. The van der Waals surface area contributed by atoms with E-state index in [1.807, 2.05) is 12.1 Å². The van der Waals surface area contributed by atoms with Gasteiger partial charge in [0.2, 0.25) is 5.91 Å². The van der Waals surface area contributed by atoms with Gasteiger partial charge in [-0.25, -0.2) is 0 Å². The molecule has 0 atom stereocenters. The van der Waals surface area contributed by atoms with Crippen molar-refractivity contribution in [3.05, 3.63) is 48.0 Å². The van der Waals surface area contributed by atoms with Crippen molar-refractivity contribution in [2.24, 2.45) is 5.92 Å². The Morgan fingerprint density at radius 2 is 1.76 bits per heavy atom. The summed E-state index contributed by atoms with van der Waals surface area (Å²) in [5.74, 6) is 1.22. The van der Waals surface area contributed by atoms with Crippen LogP contribution in [0.25, 0.3) is 0 Å². The van der Waals surface area contributed by atoms with Gasteiger partial charge in [-0.05, 0) is 43.4 Å². The highest BCUT2D eigenvalue weighted by Crippen LogP contribution is 2.17. The molecular weight excluding hydrogens is 316 g/mol. The van der Waals surface area contributed by atoms with Gasteiger partial charge in [0, 0.05) is 25.7 Å². The fourth-order valence-electron chi connectivity index (χ4n) is 2.83. The van der Waals surface area contributed by atoms with Gasteiger partial charge in [0.25, 0.3) is 0 Å². The van der Waals surface area contributed by atoms with Gasteiger partial charge < -0.3 is 15.4 Å². The van der Waals surface area contributed by atoms with Gasteiger partial charge in [-0.2, -0.15) is 0 Å². The number of carbonyl (C=O) groups excluding carboxylic acids is 1. The molecule has 132 valence electrons. The first-order valence-electron chi connectivity index (χ1n) is 8.81. The van der Waals surface area contributed by atoms with Crippen molar-refractivity contribution in [3.63, 3.8) is 0 Å². The Labute approximate surface area is 148 Å². The fourth-order valence-corrected chi connectivity index (χ4v) is 2.83. The van der Waals surface area contributed by atoms with Crippen molar-refractivity contribution >= 4 is 17.5 Å². The van der Waals surface area contributed by atoms with Crippen molar-refractivity contribution < 1.29 is 9.53 Å². The summed E-state index contributed by atoms with van der Waals surface area (Å²) < 4.78 is 5.27. The van der Waals surface area contributed by atoms with Crippen molar-refractivity contribution in [1.82, 2.24) is 10.2 Å². The Morgan fingerprint density at radius 3 is 2.48 bits per heavy atom. The number of amides is 1. The van der Waals surface area contributed by atoms with E-state index < -0.39 is 0 Å². The number of benzene rings is 1. The molecule has 1 aromatic carbocycles. The minimum Gasteiger partial charge on any atom is -0.381 e. The molecule has 2 heterocycles. The molecule has 1 fully saturated rings. The first kappa shape index (κ1) is 17.4. The Bertz CT molecular complexity index is 655. The molecule has 25 heavy (non-hydrogen) atoms. The Balaban J connectivity index is 1.40. The molecule has 0 spiro atoms. The quantitative estimate of drug-likeness (QED) is 0.758. The van der Waals surface area contributed by atoms with Crippen molar-refractivity contribution in [1.29, 1.82) is 0 Å². The summed E-state index contributed by atoms with van der Waals surface area (Å²) in [5.41, 5.74) is 1.33. The number of nitrogens with zero attached hydrogens (tertiary/aromatic N) is 2. The lowest BCUT2D eigenvalue weighted by Gasteiger charge is -2.20. The Hall–Kier alpha value is -2.47. The van der Waals surface area contributed by atoms with Crippen LogP contribution in [0, 0.1) is 5.92 Å². The topological polar surface area (TPSA) is 76.1 Å². The van der Waals surface area contributed by atoms with E-state index in [1.54, 1.807) is 6.07 Å². The number of carbonyl (C=O) groups is 1. The lowest BCUT2D eigenvalue weighted by atomic mass is 9.99. The summed E-state index contributed by atoms with van der Waals surface area (Å²) >= 11 is 0. The molecule has 3 rings (SSSR count). The van der Waals surface area contributed by atoms with Crippen LogP contribution in [0.1, 0.15) is 24.8 Å². The van der Waals surface area contributed by atoms with Crippen LogP contribution in [-0.4, -0.2) is 35.9 Å². The zero-order chi connectivity index (χ0) is 17.3. The van der Waals surface area contributed by atoms with Crippen molar-refractivity contribution in [2.45, 2.75) is 25.7 Å². The molecule has 6 heteroatoms. The van der Waals surface area contributed by atoms with Crippen molar-refractivity contribution in [2.75, 3.05) is 30.4 Å². The predicted molar refractivity (Wildman–Crippen MR) is 97.5 cm³/mol. The zero-order valence-electron chi connectivity index (χ0n) is 14.3. The molecule has 2 aromatic rings. The van der Waals surface area contributed by atoms with E-state index in [0.717, 1.165) is 38.0 Å². The summed E-state index contributed by atoms with van der Waals surface area (Å²) in [6.07, 6.45) is 3.58. The Morgan fingerprint density at radius 1 is 1.04 bits per heavy atom. The zero-order valence-corrected chi connectivity index (χ0v) is 14.3. The van der Waals surface area contributed by atoms with Crippen LogP contribution in [0.4, 0.5) is 11.6 Å². The lowest BCUT2D eigenvalue weighted by molar-refractivity contribution is -0.122. The van der Waals surface area contributed by atoms with Gasteiger partial charge in [-0.3, -0.25) is 4.79 Å². The number of hydrogen-bond acceptors (Lipinski definition) is 5. The van der Waals surface area contributed by atoms with E-state index in [0.29, 0.717) is 19.0 Å².